The van der Waals surface area contributed by atoms with Gasteiger partial charge in [-0.2, -0.15) is 0 Å². The van der Waals surface area contributed by atoms with Crippen molar-refractivity contribution >= 4 is 29.0 Å². The van der Waals surface area contributed by atoms with Gasteiger partial charge in [0.1, 0.15) is 5.82 Å². The lowest BCUT2D eigenvalue weighted by atomic mass is 10.2. The predicted molar refractivity (Wildman–Crippen MR) is 118 cm³/mol. The Balaban J connectivity index is 1.62. The highest BCUT2D eigenvalue weighted by Crippen LogP contribution is 2.26. The fourth-order valence-electron chi connectivity index (χ4n) is 3.11. The number of thioether (sulfide) groups is 1. The Morgan fingerprint density at radius 1 is 0.933 bits per heavy atom. The molecule has 2 aromatic carbocycles. The van der Waals surface area contributed by atoms with Crippen LogP contribution in [-0.4, -0.2) is 41.5 Å². The topological polar surface area (TPSA) is 62.5 Å². The lowest BCUT2D eigenvalue weighted by Gasteiger charge is -2.20. The number of amides is 1. The van der Waals surface area contributed by atoms with Gasteiger partial charge in [-0.15, -0.1) is 10.2 Å². The van der Waals surface area contributed by atoms with Crippen LogP contribution in [0.4, 0.5) is 15.8 Å². The van der Waals surface area contributed by atoms with Crippen molar-refractivity contribution in [2.75, 3.05) is 35.2 Å². The minimum absolute atomic E-state index is 0.113. The Kier molecular flexibility index (Phi) is 7.46. The molecule has 0 saturated heterocycles. The molecule has 0 bridgehead atoms. The van der Waals surface area contributed by atoms with E-state index in [1.165, 1.54) is 23.9 Å². The monoisotopic (exact) mass is 428 g/mol. The zero-order chi connectivity index (χ0) is 21.5. The van der Waals surface area contributed by atoms with Crippen molar-refractivity contribution in [1.29, 1.82) is 0 Å². The van der Waals surface area contributed by atoms with Crippen LogP contribution in [0.5, 0.6) is 0 Å². The van der Waals surface area contributed by atoms with E-state index in [2.05, 4.69) is 28.9 Å². The van der Waals surface area contributed by atoms with E-state index >= 15 is 0 Å². The van der Waals surface area contributed by atoms with E-state index in [4.69, 9.17) is 4.42 Å². The van der Waals surface area contributed by atoms with E-state index in [0.29, 0.717) is 23.3 Å². The van der Waals surface area contributed by atoms with Gasteiger partial charge in [-0.25, -0.2) is 4.39 Å². The zero-order valence-electron chi connectivity index (χ0n) is 17.3. The Labute approximate surface area is 180 Å². The third kappa shape index (κ3) is 5.18. The number of nitrogens with zero attached hydrogens (tertiary/aromatic N) is 4. The second-order valence-electron chi connectivity index (χ2n) is 6.50. The molecule has 0 unspecified atom stereocenters. The lowest BCUT2D eigenvalue weighted by molar-refractivity contribution is -0.116. The molecule has 0 aliphatic rings. The van der Waals surface area contributed by atoms with Crippen molar-refractivity contribution in [2.24, 2.45) is 0 Å². The predicted octanol–water partition coefficient (Wildman–Crippen LogP) is 4.87. The molecule has 0 N–H and O–H groups in total. The van der Waals surface area contributed by atoms with Crippen LogP contribution in [0.2, 0.25) is 0 Å². The lowest BCUT2D eigenvalue weighted by Crippen LogP contribution is -2.32. The number of benzene rings is 2. The number of carbonyl (C=O) groups excluding carboxylic acids is 1. The Bertz CT molecular complexity index is 956. The number of hydrogen-bond acceptors (Lipinski definition) is 6. The first-order valence-electron chi connectivity index (χ1n) is 9.93. The number of aromatic nitrogens is 2. The van der Waals surface area contributed by atoms with Crippen LogP contribution in [0.15, 0.2) is 58.2 Å². The van der Waals surface area contributed by atoms with Gasteiger partial charge in [0, 0.05) is 36.6 Å². The Morgan fingerprint density at radius 3 is 2.17 bits per heavy atom. The van der Waals surface area contributed by atoms with Crippen LogP contribution in [-0.2, 0) is 4.79 Å². The molecule has 1 aromatic heterocycles. The summed E-state index contributed by atoms with van der Waals surface area (Å²) >= 11 is 1.19. The molecule has 0 spiro atoms. The zero-order valence-corrected chi connectivity index (χ0v) is 18.2. The van der Waals surface area contributed by atoms with Crippen molar-refractivity contribution in [3.05, 3.63) is 54.3 Å². The molecular weight excluding hydrogens is 403 g/mol. The second kappa shape index (κ2) is 10.2. The van der Waals surface area contributed by atoms with Gasteiger partial charge < -0.3 is 14.2 Å². The maximum atomic E-state index is 13.1. The maximum absolute atomic E-state index is 13.1. The third-order valence-corrected chi connectivity index (χ3v) is 5.53. The average Bonchev–Trinajstić information content (AvgIpc) is 3.24. The van der Waals surface area contributed by atoms with Crippen molar-refractivity contribution < 1.29 is 13.6 Å². The van der Waals surface area contributed by atoms with Gasteiger partial charge >= 0.3 is 0 Å². The van der Waals surface area contributed by atoms with E-state index in [0.717, 1.165) is 24.3 Å². The van der Waals surface area contributed by atoms with Gasteiger partial charge in [-0.1, -0.05) is 11.8 Å². The smallest absolute Gasteiger partial charge is 0.277 e. The SMILES string of the molecule is CCN(CC)c1ccc(-c2nnc(SCC(=O)N(CC)c3ccc(F)cc3)o2)cc1. The molecule has 3 aromatic rings. The molecular formula is C22H25FN4O2S. The van der Waals surface area contributed by atoms with Gasteiger partial charge in [0.2, 0.25) is 11.8 Å². The first kappa shape index (κ1) is 21.8. The Hall–Kier alpha value is -2.87. The van der Waals surface area contributed by atoms with Crippen LogP contribution < -0.4 is 9.80 Å². The molecule has 0 atom stereocenters. The molecule has 0 saturated carbocycles. The molecule has 1 amide bonds. The summed E-state index contributed by atoms with van der Waals surface area (Å²) in [6.07, 6.45) is 0. The number of carbonyl (C=O) groups is 1. The molecule has 0 radical (unpaired) electrons. The average molecular weight is 429 g/mol. The van der Waals surface area contributed by atoms with Crippen molar-refractivity contribution in [1.82, 2.24) is 10.2 Å². The van der Waals surface area contributed by atoms with Gasteiger partial charge in [-0.05, 0) is 69.3 Å². The summed E-state index contributed by atoms with van der Waals surface area (Å²) < 4.78 is 18.8. The molecule has 0 aliphatic heterocycles. The van der Waals surface area contributed by atoms with E-state index in [9.17, 15) is 9.18 Å². The quantitative estimate of drug-likeness (QED) is 0.453. The number of hydrogen-bond donors (Lipinski definition) is 0. The summed E-state index contributed by atoms with van der Waals surface area (Å²) in [5.41, 5.74) is 2.63. The highest BCUT2D eigenvalue weighted by atomic mass is 32.2. The second-order valence-corrected chi connectivity index (χ2v) is 7.42. The third-order valence-electron chi connectivity index (χ3n) is 4.72. The van der Waals surface area contributed by atoms with Gasteiger partial charge in [0.25, 0.3) is 5.22 Å². The summed E-state index contributed by atoms with van der Waals surface area (Å²) in [5.74, 6) is 0.118. The molecule has 0 fully saturated rings. The fraction of sp³-hybridized carbons (Fsp3) is 0.318. The van der Waals surface area contributed by atoms with E-state index in [1.807, 2.05) is 31.2 Å². The molecule has 1 heterocycles. The molecule has 158 valence electrons. The summed E-state index contributed by atoms with van der Waals surface area (Å²) in [7, 11) is 0. The van der Waals surface area contributed by atoms with Crippen LogP contribution in [0.1, 0.15) is 20.8 Å². The molecule has 8 heteroatoms. The largest absolute Gasteiger partial charge is 0.411 e. The van der Waals surface area contributed by atoms with Gasteiger partial charge in [0.05, 0.1) is 5.75 Å². The molecule has 6 nitrogen and oxygen atoms in total. The minimum atomic E-state index is -0.333. The summed E-state index contributed by atoms with van der Waals surface area (Å²) in [6.45, 7) is 8.49. The molecule has 3 rings (SSSR count). The standard InChI is InChI=1S/C22H25FN4O2S/c1-4-26(5-2)18-11-7-16(8-12-18)21-24-25-22(29-21)30-15-20(28)27(6-3)19-13-9-17(23)10-14-19/h7-14H,4-6,15H2,1-3H3. The summed E-state index contributed by atoms with van der Waals surface area (Å²) in [6, 6.07) is 13.8. The first-order chi connectivity index (χ1) is 14.5. The van der Waals surface area contributed by atoms with Crippen LogP contribution in [0, 0.1) is 5.82 Å². The van der Waals surface area contributed by atoms with Crippen molar-refractivity contribution in [2.45, 2.75) is 26.0 Å². The Morgan fingerprint density at radius 2 is 1.57 bits per heavy atom. The van der Waals surface area contributed by atoms with Crippen molar-refractivity contribution in [3.8, 4) is 11.5 Å². The number of rotatable bonds is 9. The summed E-state index contributed by atoms with van der Waals surface area (Å²) in [5, 5.41) is 8.47. The van der Waals surface area contributed by atoms with Gasteiger partial charge in [-0.3, -0.25) is 4.79 Å². The number of anilines is 2. The maximum Gasteiger partial charge on any atom is 0.277 e. The van der Waals surface area contributed by atoms with Gasteiger partial charge in [0.15, 0.2) is 0 Å². The van der Waals surface area contributed by atoms with Crippen molar-refractivity contribution in [3.63, 3.8) is 0 Å². The number of halogens is 1. The fourth-order valence-corrected chi connectivity index (χ4v) is 3.75. The first-order valence-corrected chi connectivity index (χ1v) is 10.9. The normalized spacial score (nSPS) is 10.8. The molecule has 0 aliphatic carbocycles. The molecule has 30 heavy (non-hydrogen) atoms. The van der Waals surface area contributed by atoms with Crippen LogP contribution in [0.25, 0.3) is 11.5 Å². The van der Waals surface area contributed by atoms with E-state index in [1.54, 1.807) is 17.0 Å². The van der Waals surface area contributed by atoms with Crippen LogP contribution in [0.3, 0.4) is 0 Å². The van der Waals surface area contributed by atoms with E-state index < -0.39 is 0 Å². The van der Waals surface area contributed by atoms with Crippen LogP contribution >= 0.6 is 11.8 Å². The summed E-state index contributed by atoms with van der Waals surface area (Å²) in [4.78, 5) is 16.4. The highest BCUT2D eigenvalue weighted by molar-refractivity contribution is 7.99. The minimum Gasteiger partial charge on any atom is -0.411 e. The highest BCUT2D eigenvalue weighted by Gasteiger charge is 2.17. The van der Waals surface area contributed by atoms with E-state index in [-0.39, 0.29) is 17.5 Å².